The molecule has 0 aliphatic heterocycles. The quantitative estimate of drug-likeness (QED) is 0.404. The molecule has 10 heavy (non-hydrogen) atoms. The van der Waals surface area contributed by atoms with Crippen molar-refractivity contribution >= 4 is 12.2 Å². The summed E-state index contributed by atoms with van der Waals surface area (Å²) in [5.74, 6) is 0. The highest BCUT2D eigenvalue weighted by Gasteiger charge is 2.30. The number of hydrogen-bond acceptors (Lipinski definition) is 4. The van der Waals surface area contributed by atoms with Gasteiger partial charge in [-0.3, -0.25) is 0 Å². The number of nitrogens with zero attached hydrogens (tertiary/aromatic N) is 2. The fourth-order valence-corrected chi connectivity index (χ4v) is 0.901. The fraction of sp³-hybridized carbons (Fsp3) is 0.667. The number of aliphatic imine (C=N–C) groups is 2. The summed E-state index contributed by atoms with van der Waals surface area (Å²) in [6.07, 6.45) is 4.54. The van der Waals surface area contributed by atoms with Crippen LogP contribution in [0.5, 0.6) is 0 Å². The van der Waals surface area contributed by atoms with Gasteiger partial charge in [0.2, 0.25) is 12.2 Å². The van der Waals surface area contributed by atoms with Gasteiger partial charge in [0.25, 0.3) is 0 Å². The van der Waals surface area contributed by atoms with E-state index in [1.807, 2.05) is 0 Å². The third kappa shape index (κ3) is 1.18. The first kappa shape index (κ1) is 6.87. The Balaban J connectivity index is 2.50. The van der Waals surface area contributed by atoms with Crippen LogP contribution in [0.25, 0.3) is 0 Å². The van der Waals surface area contributed by atoms with E-state index in [0.29, 0.717) is 0 Å². The first-order valence-corrected chi connectivity index (χ1v) is 3.02. The van der Waals surface area contributed by atoms with E-state index in [0.717, 1.165) is 12.8 Å². The van der Waals surface area contributed by atoms with Gasteiger partial charge in [0.05, 0.1) is 12.1 Å². The summed E-state index contributed by atoms with van der Waals surface area (Å²) in [6, 6.07) is -0.224. The molecular weight excluding hydrogens is 132 g/mol. The Labute approximate surface area is 57.7 Å². The molecular formula is C6H6N2O2. The molecule has 2 atom stereocenters. The van der Waals surface area contributed by atoms with Gasteiger partial charge in [-0.2, -0.15) is 0 Å². The van der Waals surface area contributed by atoms with Gasteiger partial charge in [0.1, 0.15) is 0 Å². The molecule has 0 radical (unpaired) electrons. The maximum absolute atomic E-state index is 9.73. The van der Waals surface area contributed by atoms with E-state index in [4.69, 9.17) is 0 Å². The van der Waals surface area contributed by atoms with Crippen LogP contribution in [0.2, 0.25) is 0 Å². The third-order valence-electron chi connectivity index (χ3n) is 1.64. The molecule has 0 aromatic carbocycles. The van der Waals surface area contributed by atoms with Gasteiger partial charge in [-0.1, -0.05) is 0 Å². The fourth-order valence-electron chi connectivity index (χ4n) is 0.901. The van der Waals surface area contributed by atoms with E-state index in [-0.39, 0.29) is 12.1 Å². The zero-order chi connectivity index (χ0) is 7.40. The van der Waals surface area contributed by atoms with Crippen LogP contribution in [0.15, 0.2) is 9.98 Å². The van der Waals surface area contributed by atoms with Gasteiger partial charge in [0, 0.05) is 0 Å². The SMILES string of the molecule is O=C=N[C@@H]1CC[C@H]1N=C=O. The minimum absolute atomic E-state index is 0.112. The summed E-state index contributed by atoms with van der Waals surface area (Å²) in [6.45, 7) is 0. The zero-order valence-electron chi connectivity index (χ0n) is 5.28. The van der Waals surface area contributed by atoms with Crippen molar-refractivity contribution in [3.63, 3.8) is 0 Å². The van der Waals surface area contributed by atoms with Crippen molar-refractivity contribution in [2.24, 2.45) is 9.98 Å². The van der Waals surface area contributed by atoms with E-state index in [9.17, 15) is 9.59 Å². The lowest BCUT2D eigenvalue weighted by Crippen LogP contribution is -2.33. The highest BCUT2D eigenvalue weighted by atomic mass is 16.1. The number of hydrogen-bond donors (Lipinski definition) is 0. The summed E-state index contributed by atoms with van der Waals surface area (Å²) in [7, 11) is 0. The lowest BCUT2D eigenvalue weighted by atomic mass is 9.88. The summed E-state index contributed by atoms with van der Waals surface area (Å²) >= 11 is 0. The van der Waals surface area contributed by atoms with Crippen molar-refractivity contribution in [2.75, 3.05) is 0 Å². The molecule has 0 N–H and O–H groups in total. The molecule has 0 bridgehead atoms. The van der Waals surface area contributed by atoms with Gasteiger partial charge in [-0.25, -0.2) is 19.6 Å². The van der Waals surface area contributed by atoms with E-state index in [1.54, 1.807) is 0 Å². The Hall–Kier alpha value is -1.24. The lowest BCUT2D eigenvalue weighted by molar-refractivity contribution is 0.348. The lowest BCUT2D eigenvalue weighted by Gasteiger charge is -2.26. The van der Waals surface area contributed by atoms with Crippen molar-refractivity contribution < 1.29 is 9.59 Å². The van der Waals surface area contributed by atoms with Gasteiger partial charge in [0.15, 0.2) is 0 Å². The molecule has 1 aliphatic rings. The molecule has 0 spiro atoms. The van der Waals surface area contributed by atoms with E-state index in [2.05, 4.69) is 9.98 Å². The summed E-state index contributed by atoms with van der Waals surface area (Å²) < 4.78 is 0. The summed E-state index contributed by atoms with van der Waals surface area (Å²) in [4.78, 5) is 26.4. The first-order valence-electron chi connectivity index (χ1n) is 3.02. The van der Waals surface area contributed by atoms with E-state index < -0.39 is 0 Å². The van der Waals surface area contributed by atoms with Crippen molar-refractivity contribution in [3.8, 4) is 0 Å². The molecule has 4 heteroatoms. The third-order valence-corrected chi connectivity index (χ3v) is 1.64. The number of isocyanates is 2. The minimum Gasteiger partial charge on any atom is -0.211 e. The first-order chi connectivity index (χ1) is 4.88. The van der Waals surface area contributed by atoms with Crippen LogP contribution >= 0.6 is 0 Å². The Morgan fingerprint density at radius 3 is 1.60 bits per heavy atom. The zero-order valence-corrected chi connectivity index (χ0v) is 5.28. The highest BCUT2D eigenvalue weighted by Crippen LogP contribution is 2.25. The average Bonchev–Trinajstić information content (AvgIpc) is 1.93. The molecule has 1 fully saturated rings. The molecule has 52 valence electrons. The van der Waals surface area contributed by atoms with Crippen LogP contribution in [0.3, 0.4) is 0 Å². The second-order valence-electron chi connectivity index (χ2n) is 2.15. The molecule has 1 rings (SSSR count). The second kappa shape index (κ2) is 3.06. The van der Waals surface area contributed by atoms with Crippen LogP contribution in [0.4, 0.5) is 0 Å². The average molecular weight is 138 g/mol. The van der Waals surface area contributed by atoms with E-state index >= 15 is 0 Å². The molecule has 0 aromatic rings. The molecule has 0 heterocycles. The van der Waals surface area contributed by atoms with Gasteiger partial charge in [-0.15, -0.1) is 0 Å². The van der Waals surface area contributed by atoms with Crippen LogP contribution in [0.1, 0.15) is 12.8 Å². The molecule has 1 saturated carbocycles. The smallest absolute Gasteiger partial charge is 0.211 e. The monoisotopic (exact) mass is 138 g/mol. The van der Waals surface area contributed by atoms with Gasteiger partial charge in [-0.05, 0) is 12.8 Å². The Morgan fingerprint density at radius 1 is 1.00 bits per heavy atom. The topological polar surface area (TPSA) is 58.9 Å². The van der Waals surface area contributed by atoms with E-state index in [1.165, 1.54) is 12.2 Å². The van der Waals surface area contributed by atoms with Crippen molar-refractivity contribution in [3.05, 3.63) is 0 Å². The predicted molar refractivity (Wildman–Crippen MR) is 33.1 cm³/mol. The van der Waals surface area contributed by atoms with Gasteiger partial charge < -0.3 is 0 Å². The molecule has 0 unspecified atom stereocenters. The number of rotatable bonds is 2. The van der Waals surface area contributed by atoms with Crippen LogP contribution in [0, 0.1) is 0 Å². The predicted octanol–water partition coefficient (Wildman–Crippen LogP) is 0.189. The summed E-state index contributed by atoms with van der Waals surface area (Å²) in [5, 5.41) is 0. The molecule has 1 aliphatic carbocycles. The molecule has 0 aromatic heterocycles. The molecule has 0 amide bonds. The van der Waals surface area contributed by atoms with Crippen LogP contribution < -0.4 is 0 Å². The van der Waals surface area contributed by atoms with Crippen molar-refractivity contribution in [1.82, 2.24) is 0 Å². The van der Waals surface area contributed by atoms with Crippen molar-refractivity contribution in [1.29, 1.82) is 0 Å². The van der Waals surface area contributed by atoms with Crippen LogP contribution in [-0.2, 0) is 9.59 Å². The van der Waals surface area contributed by atoms with Crippen molar-refractivity contribution in [2.45, 2.75) is 24.9 Å². The highest BCUT2D eigenvalue weighted by molar-refractivity contribution is 5.37. The van der Waals surface area contributed by atoms with Crippen LogP contribution in [-0.4, -0.2) is 24.2 Å². The summed E-state index contributed by atoms with van der Waals surface area (Å²) in [5.41, 5.74) is 0. The Bertz CT molecular complexity index is 190. The maximum Gasteiger partial charge on any atom is 0.235 e. The second-order valence-corrected chi connectivity index (χ2v) is 2.15. The Morgan fingerprint density at radius 2 is 1.40 bits per heavy atom. The standard InChI is InChI=1S/C6H6N2O2/c9-3-7-5-1-2-6(5)8-4-10/h5-6H,1-2H2/t5-,6-/m1/s1. The minimum atomic E-state index is -0.112. The molecule has 0 saturated heterocycles. The largest absolute Gasteiger partial charge is 0.235 e. The maximum atomic E-state index is 9.73. The molecule has 4 nitrogen and oxygen atoms in total. The van der Waals surface area contributed by atoms with Gasteiger partial charge >= 0.3 is 0 Å². The normalized spacial score (nSPS) is 29.2. The number of carbonyl (C=O) groups excluding carboxylic acids is 2. The Kier molecular flexibility index (Phi) is 2.11.